The molecule has 4 rings (SSSR count). The number of rotatable bonds is 3. The van der Waals surface area contributed by atoms with Crippen molar-refractivity contribution in [3.8, 4) is 5.75 Å². The lowest BCUT2D eigenvalue weighted by atomic mass is 10.1. The quantitative estimate of drug-likeness (QED) is 0.539. The number of urea groups is 1. The summed E-state index contributed by atoms with van der Waals surface area (Å²) < 4.78 is 5.12. The predicted molar refractivity (Wildman–Crippen MR) is 103 cm³/mol. The van der Waals surface area contributed by atoms with E-state index >= 15 is 0 Å². The normalized spacial score (nSPS) is 10.7. The van der Waals surface area contributed by atoms with Crippen molar-refractivity contribution in [2.45, 2.75) is 0 Å². The van der Waals surface area contributed by atoms with Crippen molar-refractivity contribution in [2.24, 2.45) is 0 Å². The smallest absolute Gasteiger partial charge is 0.323 e. The van der Waals surface area contributed by atoms with E-state index in [0.29, 0.717) is 11.4 Å². The second-order valence-corrected chi connectivity index (χ2v) is 5.71. The summed E-state index contributed by atoms with van der Waals surface area (Å²) in [6.45, 7) is 0. The van der Waals surface area contributed by atoms with Gasteiger partial charge in [0.05, 0.1) is 23.8 Å². The van der Waals surface area contributed by atoms with Crippen LogP contribution in [0.4, 0.5) is 16.2 Å². The summed E-state index contributed by atoms with van der Waals surface area (Å²) >= 11 is 0. The molecule has 2 amide bonds. The van der Waals surface area contributed by atoms with Gasteiger partial charge in [0, 0.05) is 28.9 Å². The molecule has 4 aromatic rings. The molecule has 26 heavy (non-hydrogen) atoms. The summed E-state index contributed by atoms with van der Waals surface area (Å²) in [6, 6.07) is 16.3. The molecule has 0 atom stereocenters. The summed E-state index contributed by atoms with van der Waals surface area (Å²) in [4.78, 5) is 21.3. The lowest BCUT2D eigenvalue weighted by molar-refractivity contribution is 0.262. The van der Waals surface area contributed by atoms with E-state index in [0.717, 1.165) is 27.6 Å². The fourth-order valence-electron chi connectivity index (χ4n) is 2.84. The minimum absolute atomic E-state index is 0.330. The number of benzene rings is 2. The van der Waals surface area contributed by atoms with Crippen LogP contribution in [0.2, 0.25) is 0 Å². The van der Waals surface area contributed by atoms with Crippen LogP contribution in [0.15, 0.2) is 67.0 Å². The van der Waals surface area contributed by atoms with E-state index in [-0.39, 0.29) is 6.03 Å². The minimum atomic E-state index is -0.330. The van der Waals surface area contributed by atoms with Crippen LogP contribution in [0.3, 0.4) is 0 Å². The van der Waals surface area contributed by atoms with Gasteiger partial charge in [-0.3, -0.25) is 9.97 Å². The molecule has 2 N–H and O–H groups in total. The molecule has 0 bridgehead atoms. The van der Waals surface area contributed by atoms with Crippen LogP contribution in [0.25, 0.3) is 21.8 Å². The number of fused-ring (bicyclic) bond motifs is 3. The first-order valence-corrected chi connectivity index (χ1v) is 8.09. The van der Waals surface area contributed by atoms with Gasteiger partial charge in [0.1, 0.15) is 5.75 Å². The van der Waals surface area contributed by atoms with Gasteiger partial charge in [-0.15, -0.1) is 0 Å². The van der Waals surface area contributed by atoms with E-state index in [1.165, 1.54) is 0 Å². The molecule has 6 heteroatoms. The number of pyridine rings is 2. The van der Waals surface area contributed by atoms with Gasteiger partial charge in [0.15, 0.2) is 0 Å². The molecule has 0 aliphatic rings. The zero-order chi connectivity index (χ0) is 17.9. The molecular weight excluding hydrogens is 328 g/mol. The average molecular weight is 344 g/mol. The molecular formula is C20H16N4O2. The number of hydrogen-bond donors (Lipinski definition) is 2. The van der Waals surface area contributed by atoms with Gasteiger partial charge < -0.3 is 15.4 Å². The van der Waals surface area contributed by atoms with Crippen molar-refractivity contribution in [2.75, 3.05) is 17.7 Å². The first-order chi connectivity index (χ1) is 12.7. The largest absolute Gasteiger partial charge is 0.497 e. The van der Waals surface area contributed by atoms with Gasteiger partial charge >= 0.3 is 6.03 Å². The highest BCUT2D eigenvalue weighted by Crippen LogP contribution is 2.29. The maximum absolute atomic E-state index is 12.4. The Bertz CT molecular complexity index is 1090. The number of methoxy groups -OCH3 is 1. The molecule has 2 heterocycles. The number of carbonyl (C=O) groups excluding carboxylic acids is 1. The molecule has 0 saturated heterocycles. The van der Waals surface area contributed by atoms with Crippen LogP contribution in [-0.4, -0.2) is 23.1 Å². The van der Waals surface area contributed by atoms with E-state index in [9.17, 15) is 4.79 Å². The van der Waals surface area contributed by atoms with Gasteiger partial charge in [-0.25, -0.2) is 4.79 Å². The Labute approximate surface area is 149 Å². The van der Waals surface area contributed by atoms with Crippen molar-refractivity contribution in [3.63, 3.8) is 0 Å². The SMILES string of the molecule is COc1ccc(NC(=O)Nc2cc3cccnc3c3ncccc23)cc1. The Morgan fingerprint density at radius 2 is 1.65 bits per heavy atom. The Balaban J connectivity index is 1.66. The molecule has 0 spiro atoms. The van der Waals surface area contributed by atoms with Crippen LogP contribution in [0.1, 0.15) is 0 Å². The van der Waals surface area contributed by atoms with Crippen LogP contribution in [-0.2, 0) is 0 Å². The molecule has 128 valence electrons. The fraction of sp³-hybridized carbons (Fsp3) is 0.0500. The van der Waals surface area contributed by atoms with Gasteiger partial charge in [-0.2, -0.15) is 0 Å². The molecule has 2 aromatic carbocycles. The second-order valence-electron chi connectivity index (χ2n) is 5.71. The Hall–Kier alpha value is -3.67. The van der Waals surface area contributed by atoms with E-state index in [4.69, 9.17) is 4.74 Å². The summed E-state index contributed by atoms with van der Waals surface area (Å²) in [5.74, 6) is 0.732. The number of hydrogen-bond acceptors (Lipinski definition) is 4. The Morgan fingerprint density at radius 3 is 2.42 bits per heavy atom. The maximum atomic E-state index is 12.4. The summed E-state index contributed by atoms with van der Waals surface area (Å²) in [5.41, 5.74) is 2.92. The van der Waals surface area contributed by atoms with E-state index in [2.05, 4.69) is 20.6 Å². The average Bonchev–Trinajstić information content (AvgIpc) is 2.69. The molecule has 0 radical (unpaired) electrons. The number of carbonyl (C=O) groups is 1. The Kier molecular flexibility index (Phi) is 4.07. The fourth-order valence-corrected chi connectivity index (χ4v) is 2.84. The highest BCUT2D eigenvalue weighted by Gasteiger charge is 2.11. The summed E-state index contributed by atoms with van der Waals surface area (Å²) in [5, 5.41) is 7.47. The number of ether oxygens (including phenoxy) is 1. The number of nitrogens with zero attached hydrogens (tertiary/aromatic N) is 2. The third kappa shape index (κ3) is 3.00. The second kappa shape index (κ2) is 6.68. The van der Waals surface area contributed by atoms with Crippen molar-refractivity contribution >= 4 is 39.2 Å². The summed E-state index contributed by atoms with van der Waals surface area (Å²) in [6.07, 6.45) is 3.46. The van der Waals surface area contributed by atoms with E-state index in [1.807, 2.05) is 30.3 Å². The highest BCUT2D eigenvalue weighted by molar-refractivity contribution is 6.13. The van der Waals surface area contributed by atoms with Crippen molar-refractivity contribution < 1.29 is 9.53 Å². The first kappa shape index (κ1) is 15.8. The number of aromatic nitrogens is 2. The van der Waals surface area contributed by atoms with Gasteiger partial charge in [0.2, 0.25) is 0 Å². The molecule has 0 fully saturated rings. The number of nitrogens with one attached hydrogen (secondary N) is 2. The van der Waals surface area contributed by atoms with Gasteiger partial charge in [-0.05, 0) is 48.5 Å². The molecule has 0 unspecified atom stereocenters. The van der Waals surface area contributed by atoms with Crippen molar-refractivity contribution in [1.29, 1.82) is 0 Å². The third-order valence-electron chi connectivity index (χ3n) is 4.06. The molecule has 0 saturated carbocycles. The maximum Gasteiger partial charge on any atom is 0.323 e. The predicted octanol–water partition coefficient (Wildman–Crippen LogP) is 4.44. The van der Waals surface area contributed by atoms with Crippen LogP contribution in [0, 0.1) is 0 Å². The zero-order valence-electron chi connectivity index (χ0n) is 14.1. The lowest BCUT2D eigenvalue weighted by Gasteiger charge is -2.12. The minimum Gasteiger partial charge on any atom is -0.497 e. The van der Waals surface area contributed by atoms with Crippen molar-refractivity contribution in [1.82, 2.24) is 9.97 Å². The molecule has 0 aliphatic carbocycles. The highest BCUT2D eigenvalue weighted by atomic mass is 16.5. The topological polar surface area (TPSA) is 76.1 Å². The first-order valence-electron chi connectivity index (χ1n) is 8.09. The molecule has 0 aliphatic heterocycles. The van der Waals surface area contributed by atoms with Crippen LogP contribution < -0.4 is 15.4 Å². The van der Waals surface area contributed by atoms with E-state index < -0.39 is 0 Å². The molecule has 6 nitrogen and oxygen atoms in total. The van der Waals surface area contributed by atoms with Crippen LogP contribution >= 0.6 is 0 Å². The number of amides is 2. The number of anilines is 2. The lowest BCUT2D eigenvalue weighted by Crippen LogP contribution is -2.19. The zero-order valence-corrected chi connectivity index (χ0v) is 14.1. The van der Waals surface area contributed by atoms with E-state index in [1.54, 1.807) is 43.8 Å². The molecule has 2 aromatic heterocycles. The standard InChI is InChI=1S/C20H16N4O2/c1-26-15-8-6-14(7-9-15)23-20(25)24-17-12-13-4-2-10-21-18(13)19-16(17)5-3-11-22-19/h2-12H,1H3,(H2,23,24,25). The third-order valence-corrected chi connectivity index (χ3v) is 4.06. The summed E-state index contributed by atoms with van der Waals surface area (Å²) in [7, 11) is 1.60. The van der Waals surface area contributed by atoms with Gasteiger partial charge in [-0.1, -0.05) is 6.07 Å². The monoisotopic (exact) mass is 344 g/mol. The Morgan fingerprint density at radius 1 is 0.923 bits per heavy atom. The van der Waals surface area contributed by atoms with Gasteiger partial charge in [0.25, 0.3) is 0 Å². The van der Waals surface area contributed by atoms with Crippen LogP contribution in [0.5, 0.6) is 5.75 Å². The van der Waals surface area contributed by atoms with Crippen molar-refractivity contribution in [3.05, 3.63) is 67.0 Å².